The van der Waals surface area contributed by atoms with Crippen LogP contribution in [0.1, 0.15) is 56.3 Å². The van der Waals surface area contributed by atoms with Gasteiger partial charge in [-0.1, -0.05) is 26.2 Å². The molecule has 0 unspecified atom stereocenters. The van der Waals surface area contributed by atoms with Crippen molar-refractivity contribution in [2.75, 3.05) is 11.9 Å². The van der Waals surface area contributed by atoms with Crippen molar-refractivity contribution in [2.24, 2.45) is 0 Å². The third kappa shape index (κ3) is 5.87. The molecular formula is C16H23NO3. The molecule has 1 aromatic rings. The number of anilines is 1. The molecule has 0 radical (unpaired) electrons. The average molecular weight is 277 g/mol. The zero-order chi connectivity index (χ0) is 14.8. The van der Waals surface area contributed by atoms with Crippen molar-refractivity contribution in [3.05, 3.63) is 29.8 Å². The summed E-state index contributed by atoms with van der Waals surface area (Å²) in [7, 11) is 0. The maximum Gasteiger partial charge on any atom is 0.338 e. The van der Waals surface area contributed by atoms with Crippen LogP contribution in [0.2, 0.25) is 0 Å². The van der Waals surface area contributed by atoms with Crippen LogP contribution in [0.25, 0.3) is 0 Å². The summed E-state index contributed by atoms with van der Waals surface area (Å²) in [6, 6.07) is 6.75. The van der Waals surface area contributed by atoms with E-state index in [0.29, 0.717) is 24.3 Å². The second-order valence-corrected chi connectivity index (χ2v) is 4.66. The van der Waals surface area contributed by atoms with E-state index in [4.69, 9.17) is 4.74 Å². The Morgan fingerprint density at radius 3 is 2.35 bits per heavy atom. The highest BCUT2D eigenvalue weighted by atomic mass is 16.5. The third-order valence-electron chi connectivity index (χ3n) is 2.94. The number of rotatable bonds is 8. The lowest BCUT2D eigenvalue weighted by atomic mass is 10.1. The zero-order valence-electron chi connectivity index (χ0n) is 12.3. The molecule has 0 aliphatic rings. The number of carbonyl (C=O) groups is 2. The molecule has 0 saturated heterocycles. The molecule has 0 spiro atoms. The normalized spacial score (nSPS) is 10.1. The number of unbranched alkanes of at least 4 members (excludes halogenated alkanes) is 3. The fourth-order valence-corrected chi connectivity index (χ4v) is 1.84. The lowest BCUT2D eigenvalue weighted by Crippen LogP contribution is -2.11. The summed E-state index contributed by atoms with van der Waals surface area (Å²) in [5.41, 5.74) is 1.20. The number of nitrogens with one attached hydrogen (secondary N) is 1. The molecular weight excluding hydrogens is 254 g/mol. The van der Waals surface area contributed by atoms with Crippen LogP contribution in [-0.2, 0) is 9.53 Å². The number of esters is 1. The van der Waals surface area contributed by atoms with Gasteiger partial charge in [0.05, 0.1) is 12.2 Å². The molecule has 0 aromatic heterocycles. The van der Waals surface area contributed by atoms with E-state index in [1.165, 1.54) is 6.42 Å². The van der Waals surface area contributed by atoms with Crippen molar-refractivity contribution in [1.82, 2.24) is 0 Å². The number of hydrogen-bond acceptors (Lipinski definition) is 3. The molecule has 1 N–H and O–H groups in total. The quantitative estimate of drug-likeness (QED) is 0.581. The Morgan fingerprint density at radius 1 is 1.05 bits per heavy atom. The van der Waals surface area contributed by atoms with E-state index in [2.05, 4.69) is 12.2 Å². The summed E-state index contributed by atoms with van der Waals surface area (Å²) in [5.74, 6) is -0.324. The van der Waals surface area contributed by atoms with Crippen LogP contribution in [0.3, 0.4) is 0 Å². The second kappa shape index (κ2) is 9.13. The molecule has 110 valence electrons. The van der Waals surface area contributed by atoms with Crippen LogP contribution >= 0.6 is 0 Å². The SMILES string of the molecule is CCCCCCC(=O)Nc1ccc(C(=O)OCC)cc1. The van der Waals surface area contributed by atoms with Crippen molar-refractivity contribution >= 4 is 17.6 Å². The Labute approximate surface area is 120 Å². The summed E-state index contributed by atoms with van der Waals surface area (Å²) in [6.45, 7) is 4.27. The fraction of sp³-hybridized carbons (Fsp3) is 0.500. The highest BCUT2D eigenvalue weighted by molar-refractivity contribution is 5.93. The van der Waals surface area contributed by atoms with Crippen LogP contribution in [0.5, 0.6) is 0 Å². The van der Waals surface area contributed by atoms with Gasteiger partial charge in [0.1, 0.15) is 0 Å². The van der Waals surface area contributed by atoms with Crippen molar-refractivity contribution < 1.29 is 14.3 Å². The maximum atomic E-state index is 11.7. The lowest BCUT2D eigenvalue weighted by molar-refractivity contribution is -0.116. The molecule has 4 heteroatoms. The zero-order valence-corrected chi connectivity index (χ0v) is 12.3. The largest absolute Gasteiger partial charge is 0.462 e. The van der Waals surface area contributed by atoms with E-state index in [1.807, 2.05) is 0 Å². The van der Waals surface area contributed by atoms with Crippen LogP contribution < -0.4 is 5.32 Å². The molecule has 0 aliphatic carbocycles. The molecule has 0 fully saturated rings. The van der Waals surface area contributed by atoms with Crippen LogP contribution in [0.4, 0.5) is 5.69 Å². The number of amides is 1. The Morgan fingerprint density at radius 2 is 1.75 bits per heavy atom. The van der Waals surface area contributed by atoms with Gasteiger partial charge in [0.2, 0.25) is 5.91 Å². The average Bonchev–Trinajstić information content (AvgIpc) is 2.45. The summed E-state index contributed by atoms with van der Waals surface area (Å²) in [4.78, 5) is 23.2. The molecule has 1 amide bonds. The molecule has 0 bridgehead atoms. The van der Waals surface area contributed by atoms with Gasteiger partial charge in [-0.3, -0.25) is 4.79 Å². The van der Waals surface area contributed by atoms with Gasteiger partial charge in [-0.2, -0.15) is 0 Å². The Hall–Kier alpha value is -1.84. The van der Waals surface area contributed by atoms with Gasteiger partial charge >= 0.3 is 5.97 Å². The maximum absolute atomic E-state index is 11.7. The summed E-state index contributed by atoms with van der Waals surface area (Å²) in [6.07, 6.45) is 4.88. The van der Waals surface area contributed by atoms with Crippen LogP contribution in [0.15, 0.2) is 24.3 Å². The smallest absolute Gasteiger partial charge is 0.338 e. The third-order valence-corrected chi connectivity index (χ3v) is 2.94. The first kappa shape index (κ1) is 16.2. The molecule has 1 aromatic carbocycles. The Balaban J connectivity index is 2.41. The van der Waals surface area contributed by atoms with Gasteiger partial charge in [0.15, 0.2) is 0 Å². The second-order valence-electron chi connectivity index (χ2n) is 4.66. The molecule has 4 nitrogen and oxygen atoms in total. The first-order valence-electron chi connectivity index (χ1n) is 7.24. The Bertz CT molecular complexity index is 426. The van der Waals surface area contributed by atoms with Gasteiger partial charge < -0.3 is 10.1 Å². The number of ether oxygens (including phenoxy) is 1. The predicted molar refractivity (Wildman–Crippen MR) is 79.8 cm³/mol. The van der Waals surface area contributed by atoms with E-state index in [-0.39, 0.29) is 11.9 Å². The molecule has 0 aliphatic heterocycles. The standard InChI is InChI=1S/C16H23NO3/c1-3-5-6-7-8-15(18)17-14-11-9-13(10-12-14)16(19)20-4-2/h9-12H,3-8H2,1-2H3,(H,17,18). The molecule has 1 rings (SSSR count). The highest BCUT2D eigenvalue weighted by Gasteiger charge is 2.07. The van der Waals surface area contributed by atoms with Crippen LogP contribution in [-0.4, -0.2) is 18.5 Å². The molecule has 0 saturated carbocycles. The fourth-order valence-electron chi connectivity index (χ4n) is 1.84. The molecule has 0 atom stereocenters. The van der Waals surface area contributed by atoms with Gasteiger partial charge in [-0.15, -0.1) is 0 Å². The van der Waals surface area contributed by atoms with E-state index in [1.54, 1.807) is 31.2 Å². The minimum Gasteiger partial charge on any atom is -0.462 e. The van der Waals surface area contributed by atoms with Gasteiger partial charge in [0, 0.05) is 12.1 Å². The van der Waals surface area contributed by atoms with Crippen molar-refractivity contribution in [1.29, 1.82) is 0 Å². The monoisotopic (exact) mass is 277 g/mol. The minimum absolute atomic E-state index is 0.0185. The van der Waals surface area contributed by atoms with Crippen LogP contribution in [0, 0.1) is 0 Å². The van der Waals surface area contributed by atoms with Gasteiger partial charge in [-0.05, 0) is 37.6 Å². The van der Waals surface area contributed by atoms with Crippen molar-refractivity contribution in [3.63, 3.8) is 0 Å². The van der Waals surface area contributed by atoms with E-state index in [0.717, 1.165) is 19.3 Å². The first-order valence-corrected chi connectivity index (χ1v) is 7.24. The summed E-state index contributed by atoms with van der Waals surface area (Å²) in [5, 5.41) is 2.83. The minimum atomic E-state index is -0.343. The van der Waals surface area contributed by atoms with E-state index >= 15 is 0 Å². The summed E-state index contributed by atoms with van der Waals surface area (Å²) < 4.78 is 4.90. The predicted octanol–water partition coefficient (Wildman–Crippen LogP) is 3.77. The number of benzene rings is 1. The highest BCUT2D eigenvalue weighted by Crippen LogP contribution is 2.12. The summed E-state index contributed by atoms with van der Waals surface area (Å²) >= 11 is 0. The van der Waals surface area contributed by atoms with E-state index in [9.17, 15) is 9.59 Å². The van der Waals surface area contributed by atoms with Crippen molar-refractivity contribution in [3.8, 4) is 0 Å². The molecule has 20 heavy (non-hydrogen) atoms. The molecule has 0 heterocycles. The number of hydrogen-bond donors (Lipinski definition) is 1. The van der Waals surface area contributed by atoms with Crippen molar-refractivity contribution in [2.45, 2.75) is 46.0 Å². The topological polar surface area (TPSA) is 55.4 Å². The van der Waals surface area contributed by atoms with E-state index < -0.39 is 0 Å². The Kier molecular flexibility index (Phi) is 7.40. The van der Waals surface area contributed by atoms with Gasteiger partial charge in [-0.25, -0.2) is 4.79 Å². The van der Waals surface area contributed by atoms with Gasteiger partial charge in [0.25, 0.3) is 0 Å². The number of carbonyl (C=O) groups excluding carboxylic acids is 2. The first-order chi connectivity index (χ1) is 9.67. The lowest BCUT2D eigenvalue weighted by Gasteiger charge is -2.06.